The van der Waals surface area contributed by atoms with Crippen molar-refractivity contribution in [3.63, 3.8) is 0 Å². The summed E-state index contributed by atoms with van der Waals surface area (Å²) in [5.74, 6) is 0. The molecule has 0 saturated heterocycles. The molecule has 1 nitrogen and oxygen atoms in total. The molecule has 0 bridgehead atoms. The summed E-state index contributed by atoms with van der Waals surface area (Å²) in [6.45, 7) is 2.11. The van der Waals surface area contributed by atoms with Gasteiger partial charge >= 0.3 is 0 Å². The SMILES string of the molecule is CCC(N)Cc1cc(Cl)ccc1Sc1cccc(Br)c1. The van der Waals surface area contributed by atoms with E-state index in [2.05, 4.69) is 41.1 Å². The van der Waals surface area contributed by atoms with Crippen LogP contribution >= 0.6 is 39.3 Å². The summed E-state index contributed by atoms with van der Waals surface area (Å²) in [7, 11) is 0. The smallest absolute Gasteiger partial charge is 0.0409 e. The highest BCUT2D eigenvalue weighted by molar-refractivity contribution is 9.10. The van der Waals surface area contributed by atoms with Gasteiger partial charge in [-0.25, -0.2) is 0 Å². The molecule has 4 heteroatoms. The van der Waals surface area contributed by atoms with E-state index in [0.29, 0.717) is 0 Å². The first-order valence-electron chi connectivity index (χ1n) is 6.56. The molecular weight excluding hydrogens is 354 g/mol. The Hall–Kier alpha value is -0.480. The molecule has 1 atom stereocenters. The van der Waals surface area contributed by atoms with Gasteiger partial charge < -0.3 is 5.73 Å². The minimum atomic E-state index is 0.176. The average molecular weight is 371 g/mol. The summed E-state index contributed by atoms with van der Waals surface area (Å²) in [6.07, 6.45) is 1.82. The van der Waals surface area contributed by atoms with Gasteiger partial charge in [0, 0.05) is 25.3 Å². The lowest BCUT2D eigenvalue weighted by Gasteiger charge is -2.13. The van der Waals surface area contributed by atoms with Crippen molar-refractivity contribution in [2.75, 3.05) is 0 Å². The quantitative estimate of drug-likeness (QED) is 0.748. The summed E-state index contributed by atoms with van der Waals surface area (Å²) >= 11 is 11.4. The molecule has 0 aliphatic carbocycles. The highest BCUT2D eigenvalue weighted by Gasteiger charge is 2.09. The van der Waals surface area contributed by atoms with Crippen molar-refractivity contribution in [3.05, 3.63) is 57.5 Å². The van der Waals surface area contributed by atoms with E-state index in [0.717, 1.165) is 22.3 Å². The standard InChI is InChI=1S/C16H17BrClNS/c1-2-14(19)9-11-8-13(18)6-7-16(11)20-15-5-3-4-12(17)10-15/h3-8,10,14H,2,9,19H2,1H3. The second kappa shape index (κ2) is 7.51. The van der Waals surface area contributed by atoms with Gasteiger partial charge in [0.25, 0.3) is 0 Å². The Morgan fingerprint density at radius 2 is 2.05 bits per heavy atom. The first kappa shape index (κ1) is 15.9. The van der Waals surface area contributed by atoms with Crippen LogP contribution in [0, 0.1) is 0 Å². The van der Waals surface area contributed by atoms with Crippen molar-refractivity contribution in [2.45, 2.75) is 35.6 Å². The van der Waals surface area contributed by atoms with Crippen molar-refractivity contribution in [2.24, 2.45) is 5.73 Å². The fourth-order valence-electron chi connectivity index (χ4n) is 1.89. The molecule has 106 valence electrons. The van der Waals surface area contributed by atoms with E-state index in [1.165, 1.54) is 15.4 Å². The molecule has 0 aliphatic rings. The Labute approximate surface area is 138 Å². The van der Waals surface area contributed by atoms with Gasteiger partial charge in [0.05, 0.1) is 0 Å². The van der Waals surface area contributed by atoms with E-state index in [1.807, 2.05) is 24.3 Å². The molecule has 0 aromatic heterocycles. The molecular formula is C16H17BrClNS. The zero-order valence-corrected chi connectivity index (χ0v) is 14.4. The Morgan fingerprint density at radius 1 is 1.25 bits per heavy atom. The maximum Gasteiger partial charge on any atom is 0.0409 e. The predicted octanol–water partition coefficient (Wildman–Crippen LogP) is 5.53. The number of hydrogen-bond donors (Lipinski definition) is 1. The molecule has 0 heterocycles. The monoisotopic (exact) mass is 369 g/mol. The van der Waals surface area contributed by atoms with E-state index in [1.54, 1.807) is 11.8 Å². The second-order valence-electron chi connectivity index (χ2n) is 4.68. The Kier molecular flexibility index (Phi) is 5.97. The van der Waals surface area contributed by atoms with Gasteiger partial charge in [0.15, 0.2) is 0 Å². The Morgan fingerprint density at radius 3 is 2.75 bits per heavy atom. The lowest BCUT2D eigenvalue weighted by Crippen LogP contribution is -2.21. The van der Waals surface area contributed by atoms with E-state index < -0.39 is 0 Å². The topological polar surface area (TPSA) is 26.0 Å². The molecule has 20 heavy (non-hydrogen) atoms. The maximum absolute atomic E-state index is 6.11. The van der Waals surface area contributed by atoms with Crippen LogP contribution < -0.4 is 5.73 Å². The minimum Gasteiger partial charge on any atom is -0.327 e. The summed E-state index contributed by atoms with van der Waals surface area (Å²) in [5.41, 5.74) is 7.30. The molecule has 0 saturated carbocycles. The average Bonchev–Trinajstić information content (AvgIpc) is 2.42. The van der Waals surface area contributed by atoms with Crippen molar-refractivity contribution in [1.29, 1.82) is 0 Å². The van der Waals surface area contributed by atoms with E-state index in [9.17, 15) is 0 Å². The van der Waals surface area contributed by atoms with Crippen molar-refractivity contribution in [1.82, 2.24) is 0 Å². The summed E-state index contributed by atoms with van der Waals surface area (Å²) in [6, 6.07) is 14.5. The van der Waals surface area contributed by atoms with Gasteiger partial charge in [0.1, 0.15) is 0 Å². The van der Waals surface area contributed by atoms with Crippen LogP contribution in [-0.2, 0) is 6.42 Å². The lowest BCUT2D eigenvalue weighted by atomic mass is 10.0. The highest BCUT2D eigenvalue weighted by Crippen LogP contribution is 2.33. The van der Waals surface area contributed by atoms with E-state index in [-0.39, 0.29) is 6.04 Å². The Bertz CT molecular complexity index is 588. The van der Waals surface area contributed by atoms with Crippen molar-refractivity contribution < 1.29 is 0 Å². The zero-order chi connectivity index (χ0) is 14.5. The van der Waals surface area contributed by atoms with Gasteiger partial charge in [-0.3, -0.25) is 0 Å². The zero-order valence-electron chi connectivity index (χ0n) is 11.3. The summed E-state index contributed by atoms with van der Waals surface area (Å²) in [4.78, 5) is 2.42. The Balaban J connectivity index is 2.26. The third-order valence-electron chi connectivity index (χ3n) is 3.05. The maximum atomic E-state index is 6.11. The van der Waals surface area contributed by atoms with Crippen LogP contribution in [0.1, 0.15) is 18.9 Å². The lowest BCUT2D eigenvalue weighted by molar-refractivity contribution is 0.641. The number of nitrogens with two attached hydrogens (primary N) is 1. The number of rotatable bonds is 5. The van der Waals surface area contributed by atoms with Crippen molar-refractivity contribution >= 4 is 39.3 Å². The molecule has 0 amide bonds. The van der Waals surface area contributed by atoms with Gasteiger partial charge in [-0.2, -0.15) is 0 Å². The van der Waals surface area contributed by atoms with Crippen LogP contribution in [0.4, 0.5) is 0 Å². The van der Waals surface area contributed by atoms with E-state index in [4.69, 9.17) is 17.3 Å². The predicted molar refractivity (Wildman–Crippen MR) is 91.7 cm³/mol. The second-order valence-corrected chi connectivity index (χ2v) is 7.15. The van der Waals surface area contributed by atoms with Gasteiger partial charge in [-0.1, -0.05) is 52.3 Å². The highest BCUT2D eigenvalue weighted by atomic mass is 79.9. The van der Waals surface area contributed by atoms with Crippen LogP contribution in [0.15, 0.2) is 56.7 Å². The number of hydrogen-bond acceptors (Lipinski definition) is 2. The van der Waals surface area contributed by atoms with Crippen LogP contribution in [0.25, 0.3) is 0 Å². The minimum absolute atomic E-state index is 0.176. The molecule has 0 spiro atoms. The first-order valence-corrected chi connectivity index (χ1v) is 8.54. The normalized spacial score (nSPS) is 12.4. The van der Waals surface area contributed by atoms with Gasteiger partial charge in [-0.05, 0) is 54.8 Å². The van der Waals surface area contributed by atoms with Crippen LogP contribution in [-0.4, -0.2) is 6.04 Å². The third kappa shape index (κ3) is 4.52. The van der Waals surface area contributed by atoms with Gasteiger partial charge in [-0.15, -0.1) is 0 Å². The van der Waals surface area contributed by atoms with Gasteiger partial charge in [0.2, 0.25) is 0 Å². The molecule has 2 aromatic carbocycles. The first-order chi connectivity index (χ1) is 9.58. The molecule has 0 radical (unpaired) electrons. The molecule has 1 unspecified atom stereocenters. The third-order valence-corrected chi connectivity index (χ3v) is 4.89. The summed E-state index contributed by atoms with van der Waals surface area (Å²) < 4.78 is 1.09. The van der Waals surface area contributed by atoms with Crippen LogP contribution in [0.2, 0.25) is 5.02 Å². The fraction of sp³-hybridized carbons (Fsp3) is 0.250. The van der Waals surface area contributed by atoms with Crippen molar-refractivity contribution in [3.8, 4) is 0 Å². The van der Waals surface area contributed by atoms with E-state index >= 15 is 0 Å². The molecule has 2 N–H and O–H groups in total. The van der Waals surface area contributed by atoms with Crippen LogP contribution in [0.5, 0.6) is 0 Å². The fourth-order valence-corrected chi connectivity index (χ4v) is 3.63. The number of benzene rings is 2. The molecule has 0 aliphatic heterocycles. The largest absolute Gasteiger partial charge is 0.327 e. The molecule has 2 aromatic rings. The summed E-state index contributed by atoms with van der Waals surface area (Å²) in [5, 5.41) is 0.766. The molecule has 2 rings (SSSR count). The van der Waals surface area contributed by atoms with Crippen LogP contribution in [0.3, 0.4) is 0 Å². The molecule has 0 fully saturated rings. The number of halogens is 2.